The summed E-state index contributed by atoms with van der Waals surface area (Å²) in [5.41, 5.74) is 7.06. The second-order valence-electron chi connectivity index (χ2n) is 4.70. The molecule has 0 aliphatic rings. The summed E-state index contributed by atoms with van der Waals surface area (Å²) in [6, 6.07) is 17.9. The number of nitrogens with one attached hydrogen (secondary N) is 2. The number of H-pyrrole nitrogens is 1. The summed E-state index contributed by atoms with van der Waals surface area (Å²) in [5, 5.41) is 4.37. The number of aromatic nitrogens is 2. The summed E-state index contributed by atoms with van der Waals surface area (Å²) in [6.07, 6.45) is 0.703. The number of rotatable bonds is 4. The van der Waals surface area contributed by atoms with Gasteiger partial charge in [-0.2, -0.15) is 5.10 Å². The zero-order valence-corrected chi connectivity index (χ0v) is 11.3. The first kappa shape index (κ1) is 12.4. The fourth-order valence-electron chi connectivity index (χ4n) is 2.04. The van der Waals surface area contributed by atoms with Crippen LogP contribution in [0, 0.1) is 0 Å². The molecule has 20 heavy (non-hydrogen) atoms. The lowest BCUT2D eigenvalue weighted by Gasteiger charge is -2.01. The Balaban J connectivity index is 1.70. The summed E-state index contributed by atoms with van der Waals surface area (Å²) in [6.45, 7) is 1.99. The number of aromatic amines is 1. The molecule has 0 fully saturated rings. The number of nitrogens with zero attached hydrogens (tertiary/aromatic N) is 2. The highest BCUT2D eigenvalue weighted by molar-refractivity contribution is 5.85. The molecule has 0 atom stereocenters. The molecule has 2 N–H and O–H groups in total. The van der Waals surface area contributed by atoms with Gasteiger partial charge in [0, 0.05) is 12.1 Å². The molecule has 3 aromatic rings. The van der Waals surface area contributed by atoms with Gasteiger partial charge in [-0.3, -0.25) is 5.43 Å². The van der Waals surface area contributed by atoms with Crippen LogP contribution in [0.5, 0.6) is 0 Å². The Morgan fingerprint density at radius 1 is 1.10 bits per heavy atom. The number of imidazole rings is 1. The van der Waals surface area contributed by atoms with Gasteiger partial charge in [0.05, 0.1) is 16.7 Å². The molecule has 2 aromatic carbocycles. The van der Waals surface area contributed by atoms with E-state index in [0.29, 0.717) is 6.42 Å². The molecule has 0 spiro atoms. The Hall–Kier alpha value is -2.62. The number of hydrogen-bond acceptors (Lipinski definition) is 3. The molecule has 0 saturated carbocycles. The van der Waals surface area contributed by atoms with E-state index in [-0.39, 0.29) is 0 Å². The molecule has 1 aromatic heterocycles. The van der Waals surface area contributed by atoms with Crippen molar-refractivity contribution in [1.29, 1.82) is 0 Å². The van der Waals surface area contributed by atoms with Gasteiger partial charge in [0.15, 0.2) is 0 Å². The van der Waals surface area contributed by atoms with Crippen molar-refractivity contribution in [3.63, 3.8) is 0 Å². The molecule has 0 saturated heterocycles. The van der Waals surface area contributed by atoms with E-state index in [4.69, 9.17) is 0 Å². The van der Waals surface area contributed by atoms with E-state index in [9.17, 15) is 0 Å². The Morgan fingerprint density at radius 2 is 1.85 bits per heavy atom. The Kier molecular flexibility index (Phi) is 3.46. The summed E-state index contributed by atoms with van der Waals surface area (Å²) in [5.74, 6) is 0.933. The highest BCUT2D eigenvalue weighted by Gasteiger charge is 2.03. The Labute approximate surface area is 117 Å². The van der Waals surface area contributed by atoms with Gasteiger partial charge < -0.3 is 4.98 Å². The minimum Gasteiger partial charge on any atom is -0.342 e. The maximum Gasteiger partial charge on any atom is 0.112 e. The van der Waals surface area contributed by atoms with E-state index in [2.05, 4.69) is 20.5 Å². The number of fused-ring (bicyclic) bond motifs is 1. The molecule has 0 aliphatic carbocycles. The fourth-order valence-corrected chi connectivity index (χ4v) is 2.04. The molecule has 0 unspecified atom stereocenters. The molecule has 3 rings (SSSR count). The minimum atomic E-state index is 0.703. The van der Waals surface area contributed by atoms with Crippen molar-refractivity contribution in [2.45, 2.75) is 13.3 Å². The van der Waals surface area contributed by atoms with Crippen molar-refractivity contribution in [2.75, 3.05) is 5.43 Å². The molecule has 4 nitrogen and oxygen atoms in total. The van der Waals surface area contributed by atoms with Crippen LogP contribution in [0.4, 0.5) is 5.69 Å². The van der Waals surface area contributed by atoms with Crippen LogP contribution in [0.15, 0.2) is 59.7 Å². The topological polar surface area (TPSA) is 53.1 Å². The van der Waals surface area contributed by atoms with Crippen molar-refractivity contribution in [2.24, 2.45) is 5.10 Å². The van der Waals surface area contributed by atoms with Crippen LogP contribution in [0.2, 0.25) is 0 Å². The van der Waals surface area contributed by atoms with Crippen molar-refractivity contribution in [3.8, 4) is 0 Å². The second-order valence-corrected chi connectivity index (χ2v) is 4.70. The largest absolute Gasteiger partial charge is 0.342 e. The van der Waals surface area contributed by atoms with Gasteiger partial charge in [-0.25, -0.2) is 4.98 Å². The third-order valence-electron chi connectivity index (χ3n) is 3.01. The predicted octanol–water partition coefficient (Wildman–Crippen LogP) is 3.59. The van der Waals surface area contributed by atoms with E-state index in [0.717, 1.165) is 28.3 Å². The van der Waals surface area contributed by atoms with Crippen LogP contribution < -0.4 is 5.43 Å². The maximum absolute atomic E-state index is 4.54. The number of para-hydroxylation sites is 3. The normalized spacial score (nSPS) is 11.8. The van der Waals surface area contributed by atoms with Crippen molar-refractivity contribution in [1.82, 2.24) is 9.97 Å². The average Bonchev–Trinajstić information content (AvgIpc) is 2.88. The molecule has 0 bridgehead atoms. The molecule has 0 aliphatic heterocycles. The lowest BCUT2D eigenvalue weighted by atomic mass is 10.3. The third kappa shape index (κ3) is 2.85. The standard InChI is InChI=1S/C16H16N4/c1-12(19-20-13-7-3-2-4-8-13)11-16-17-14-9-5-6-10-15(14)18-16/h2-10,20H,11H2,1H3,(H,17,18). The van der Waals surface area contributed by atoms with Gasteiger partial charge in [-0.15, -0.1) is 0 Å². The first-order chi connectivity index (χ1) is 9.81. The number of hydrogen-bond donors (Lipinski definition) is 2. The van der Waals surface area contributed by atoms with Crippen LogP contribution in [0.3, 0.4) is 0 Å². The lowest BCUT2D eigenvalue weighted by Crippen LogP contribution is -2.03. The number of benzene rings is 2. The number of anilines is 1. The predicted molar refractivity (Wildman–Crippen MR) is 83.0 cm³/mol. The van der Waals surface area contributed by atoms with Gasteiger partial charge in [0.1, 0.15) is 5.82 Å². The van der Waals surface area contributed by atoms with Crippen molar-refractivity contribution in [3.05, 3.63) is 60.4 Å². The van der Waals surface area contributed by atoms with Gasteiger partial charge >= 0.3 is 0 Å². The molecular weight excluding hydrogens is 248 g/mol. The van der Waals surface area contributed by atoms with Crippen LogP contribution >= 0.6 is 0 Å². The molecule has 0 amide bonds. The maximum atomic E-state index is 4.54. The van der Waals surface area contributed by atoms with E-state index < -0.39 is 0 Å². The summed E-state index contributed by atoms with van der Waals surface area (Å²) < 4.78 is 0. The Bertz CT molecular complexity index is 695. The molecule has 4 heteroatoms. The highest BCUT2D eigenvalue weighted by Crippen LogP contribution is 2.11. The van der Waals surface area contributed by atoms with Crippen molar-refractivity contribution < 1.29 is 0 Å². The van der Waals surface area contributed by atoms with Crippen LogP contribution in [-0.4, -0.2) is 15.7 Å². The van der Waals surface area contributed by atoms with E-state index in [1.807, 2.05) is 61.5 Å². The zero-order chi connectivity index (χ0) is 13.8. The first-order valence-corrected chi connectivity index (χ1v) is 6.59. The smallest absolute Gasteiger partial charge is 0.112 e. The Morgan fingerprint density at radius 3 is 2.65 bits per heavy atom. The third-order valence-corrected chi connectivity index (χ3v) is 3.01. The van der Waals surface area contributed by atoms with E-state index in [1.54, 1.807) is 0 Å². The first-order valence-electron chi connectivity index (χ1n) is 6.59. The van der Waals surface area contributed by atoms with Crippen LogP contribution in [-0.2, 0) is 6.42 Å². The van der Waals surface area contributed by atoms with Crippen molar-refractivity contribution >= 4 is 22.4 Å². The minimum absolute atomic E-state index is 0.703. The summed E-state index contributed by atoms with van der Waals surface area (Å²) in [4.78, 5) is 7.85. The highest BCUT2D eigenvalue weighted by atomic mass is 15.3. The van der Waals surface area contributed by atoms with Gasteiger partial charge in [-0.1, -0.05) is 30.3 Å². The SMILES string of the molecule is CC(Cc1nc2ccccc2[nH]1)=NNc1ccccc1. The monoisotopic (exact) mass is 264 g/mol. The summed E-state index contributed by atoms with van der Waals surface area (Å²) in [7, 11) is 0. The lowest BCUT2D eigenvalue weighted by molar-refractivity contribution is 1.09. The van der Waals surface area contributed by atoms with Gasteiger partial charge in [-0.05, 0) is 31.2 Å². The van der Waals surface area contributed by atoms with E-state index >= 15 is 0 Å². The fraction of sp³-hybridized carbons (Fsp3) is 0.125. The molecule has 0 radical (unpaired) electrons. The zero-order valence-electron chi connectivity index (χ0n) is 11.3. The van der Waals surface area contributed by atoms with Crippen LogP contribution in [0.1, 0.15) is 12.7 Å². The number of hydrazone groups is 1. The van der Waals surface area contributed by atoms with Gasteiger partial charge in [0.25, 0.3) is 0 Å². The molecular formula is C16H16N4. The van der Waals surface area contributed by atoms with E-state index in [1.165, 1.54) is 0 Å². The second kappa shape index (κ2) is 5.57. The molecule has 1 heterocycles. The summed E-state index contributed by atoms with van der Waals surface area (Å²) >= 11 is 0. The average molecular weight is 264 g/mol. The quantitative estimate of drug-likeness (QED) is 0.559. The molecule has 100 valence electrons. The van der Waals surface area contributed by atoms with Gasteiger partial charge in [0.2, 0.25) is 0 Å². The van der Waals surface area contributed by atoms with Crippen LogP contribution in [0.25, 0.3) is 11.0 Å².